The number of hydrazine groups is 1. The summed E-state index contributed by atoms with van der Waals surface area (Å²) in [6, 6.07) is 6.38. The van der Waals surface area contributed by atoms with E-state index < -0.39 is 35.8 Å². The van der Waals surface area contributed by atoms with Crippen molar-refractivity contribution in [2.24, 2.45) is 0 Å². The molecular formula is C24H29N3O7. The first-order valence-electron chi connectivity index (χ1n) is 11.6. The predicted molar refractivity (Wildman–Crippen MR) is 122 cm³/mol. The third-order valence-corrected chi connectivity index (χ3v) is 6.02. The summed E-state index contributed by atoms with van der Waals surface area (Å²) in [5.41, 5.74) is 2.23. The summed E-state index contributed by atoms with van der Waals surface area (Å²) >= 11 is 0. The van der Waals surface area contributed by atoms with Gasteiger partial charge in [0.2, 0.25) is 11.2 Å². The molecule has 1 aromatic carbocycles. The molecular weight excluding hydrogens is 442 g/mol. The number of hydrogen-bond acceptors (Lipinski definition) is 7. The second kappa shape index (κ2) is 9.74. The molecule has 0 spiro atoms. The fourth-order valence-electron chi connectivity index (χ4n) is 4.63. The molecule has 34 heavy (non-hydrogen) atoms. The Kier molecular flexibility index (Phi) is 6.76. The van der Waals surface area contributed by atoms with E-state index in [9.17, 15) is 19.2 Å². The Morgan fingerprint density at radius 1 is 1.18 bits per heavy atom. The standard InChI is InChI=1S/C24H29N3O7/c1-4-32-24(31)27(25-23(30)33-14(2)3)21-18-19(28)16-12-8-9-13-17(16)34-20(18)22(29)26(21)15-10-6-5-7-11-15/h8-9,12-15,21H,4-7,10-11H2,1-3H3,(H,25,30). The van der Waals surface area contributed by atoms with Crippen molar-refractivity contribution in [1.82, 2.24) is 15.3 Å². The maximum Gasteiger partial charge on any atom is 0.431 e. The van der Waals surface area contributed by atoms with Gasteiger partial charge in [-0.15, -0.1) is 0 Å². The molecule has 10 nitrogen and oxygen atoms in total. The van der Waals surface area contributed by atoms with Crippen LogP contribution in [0.2, 0.25) is 0 Å². The molecule has 1 saturated carbocycles. The minimum atomic E-state index is -1.23. The quantitative estimate of drug-likeness (QED) is 0.667. The molecule has 0 bridgehead atoms. The first-order chi connectivity index (χ1) is 16.3. The molecule has 1 atom stereocenters. The number of amides is 3. The minimum absolute atomic E-state index is 0.00725. The third kappa shape index (κ3) is 4.32. The lowest BCUT2D eigenvalue weighted by Crippen LogP contribution is -2.55. The van der Waals surface area contributed by atoms with E-state index in [4.69, 9.17) is 13.9 Å². The average molecular weight is 472 g/mol. The highest BCUT2D eigenvalue weighted by molar-refractivity contribution is 5.99. The monoisotopic (exact) mass is 471 g/mol. The SMILES string of the molecule is CCOC(=O)N(NC(=O)OC(C)C)C1c2c(oc3ccccc3c2=O)C(=O)N1C1CCCCC1. The van der Waals surface area contributed by atoms with Gasteiger partial charge in [-0.25, -0.2) is 15.0 Å². The number of para-hydroxylation sites is 1. The van der Waals surface area contributed by atoms with E-state index in [1.807, 2.05) is 0 Å². The van der Waals surface area contributed by atoms with Gasteiger partial charge in [0.1, 0.15) is 5.58 Å². The van der Waals surface area contributed by atoms with E-state index in [0.29, 0.717) is 12.8 Å². The van der Waals surface area contributed by atoms with Crippen LogP contribution in [-0.4, -0.2) is 46.8 Å². The summed E-state index contributed by atoms with van der Waals surface area (Å²) in [6.07, 6.45) is 0.757. The van der Waals surface area contributed by atoms with Gasteiger partial charge >= 0.3 is 12.2 Å². The Morgan fingerprint density at radius 3 is 2.56 bits per heavy atom. The highest BCUT2D eigenvalue weighted by Gasteiger charge is 2.50. The van der Waals surface area contributed by atoms with Crippen molar-refractivity contribution in [3.05, 3.63) is 45.8 Å². The van der Waals surface area contributed by atoms with Crippen LogP contribution in [0.1, 0.15) is 75.2 Å². The van der Waals surface area contributed by atoms with Crippen LogP contribution in [0.4, 0.5) is 9.59 Å². The molecule has 2 heterocycles. The smallest absolute Gasteiger partial charge is 0.431 e. The van der Waals surface area contributed by atoms with Crippen LogP contribution in [-0.2, 0) is 9.47 Å². The molecule has 3 amide bonds. The zero-order valence-electron chi connectivity index (χ0n) is 19.5. The number of nitrogens with one attached hydrogen (secondary N) is 1. The van der Waals surface area contributed by atoms with Gasteiger partial charge in [0.15, 0.2) is 6.17 Å². The Labute approximate surface area is 196 Å². The van der Waals surface area contributed by atoms with E-state index in [1.54, 1.807) is 45.0 Å². The van der Waals surface area contributed by atoms with E-state index in [1.165, 1.54) is 4.90 Å². The molecule has 10 heteroatoms. The van der Waals surface area contributed by atoms with Gasteiger partial charge in [-0.1, -0.05) is 31.4 Å². The van der Waals surface area contributed by atoms with Crippen molar-refractivity contribution in [3.8, 4) is 0 Å². The van der Waals surface area contributed by atoms with Crippen LogP contribution in [0.3, 0.4) is 0 Å². The van der Waals surface area contributed by atoms with Gasteiger partial charge < -0.3 is 18.8 Å². The number of fused-ring (bicyclic) bond motifs is 2. The van der Waals surface area contributed by atoms with Gasteiger partial charge in [-0.2, -0.15) is 5.01 Å². The fraction of sp³-hybridized carbons (Fsp3) is 0.500. The van der Waals surface area contributed by atoms with Crippen LogP contribution < -0.4 is 10.9 Å². The van der Waals surface area contributed by atoms with Crippen LogP contribution in [0.25, 0.3) is 11.0 Å². The fourth-order valence-corrected chi connectivity index (χ4v) is 4.63. The summed E-state index contributed by atoms with van der Waals surface area (Å²) in [5, 5.41) is 1.15. The van der Waals surface area contributed by atoms with Crippen LogP contribution in [0.5, 0.6) is 0 Å². The Morgan fingerprint density at radius 2 is 1.88 bits per heavy atom. The van der Waals surface area contributed by atoms with Crippen molar-refractivity contribution in [3.63, 3.8) is 0 Å². The first kappa shape index (κ1) is 23.6. The second-order valence-corrected chi connectivity index (χ2v) is 8.68. The maximum atomic E-state index is 13.6. The summed E-state index contributed by atoms with van der Waals surface area (Å²) < 4.78 is 16.2. The molecule has 4 rings (SSSR count). The number of nitrogens with zero attached hydrogens (tertiary/aromatic N) is 2. The van der Waals surface area contributed by atoms with E-state index in [2.05, 4.69) is 5.43 Å². The normalized spacial score (nSPS) is 18.2. The third-order valence-electron chi connectivity index (χ3n) is 6.02. The van der Waals surface area contributed by atoms with E-state index >= 15 is 0 Å². The van der Waals surface area contributed by atoms with Crippen molar-refractivity contribution in [2.45, 2.75) is 71.2 Å². The van der Waals surface area contributed by atoms with Gasteiger partial charge in [-0.3, -0.25) is 9.59 Å². The predicted octanol–water partition coefficient (Wildman–Crippen LogP) is 4.09. The number of rotatable bonds is 4. The van der Waals surface area contributed by atoms with E-state index in [0.717, 1.165) is 24.3 Å². The molecule has 2 aliphatic rings. The molecule has 1 fully saturated rings. The lowest BCUT2D eigenvalue weighted by molar-refractivity contribution is -0.0128. The molecule has 1 aromatic heterocycles. The average Bonchev–Trinajstić information content (AvgIpc) is 3.10. The molecule has 1 unspecified atom stereocenters. The lowest BCUT2D eigenvalue weighted by atomic mass is 9.94. The molecule has 0 radical (unpaired) electrons. The van der Waals surface area contributed by atoms with Gasteiger partial charge in [-0.05, 0) is 45.7 Å². The Hall–Kier alpha value is -3.56. The second-order valence-electron chi connectivity index (χ2n) is 8.68. The maximum absolute atomic E-state index is 13.6. The van der Waals surface area contributed by atoms with Crippen molar-refractivity contribution in [2.75, 3.05) is 6.61 Å². The number of carbonyl (C=O) groups is 3. The topological polar surface area (TPSA) is 118 Å². The minimum Gasteiger partial charge on any atom is -0.450 e. The summed E-state index contributed by atoms with van der Waals surface area (Å²) in [5.74, 6) is -0.629. The molecule has 1 aliphatic heterocycles. The highest BCUT2D eigenvalue weighted by Crippen LogP contribution is 2.40. The number of benzene rings is 1. The van der Waals surface area contributed by atoms with Gasteiger partial charge in [0.05, 0.1) is 23.7 Å². The molecule has 0 saturated heterocycles. The Balaban J connectivity index is 1.88. The summed E-state index contributed by atoms with van der Waals surface area (Å²) in [4.78, 5) is 54.2. The lowest BCUT2D eigenvalue weighted by Gasteiger charge is -2.39. The highest BCUT2D eigenvalue weighted by atomic mass is 16.6. The van der Waals surface area contributed by atoms with E-state index in [-0.39, 0.29) is 34.9 Å². The first-order valence-corrected chi connectivity index (χ1v) is 11.6. The Bertz CT molecular complexity index is 1150. The largest absolute Gasteiger partial charge is 0.450 e. The van der Waals surface area contributed by atoms with Crippen LogP contribution in [0, 0.1) is 0 Å². The zero-order chi connectivity index (χ0) is 24.4. The van der Waals surface area contributed by atoms with Crippen LogP contribution in [0.15, 0.2) is 33.5 Å². The van der Waals surface area contributed by atoms with Crippen molar-refractivity contribution >= 4 is 29.1 Å². The van der Waals surface area contributed by atoms with Crippen molar-refractivity contribution < 1.29 is 28.3 Å². The molecule has 2 aromatic rings. The summed E-state index contributed by atoms with van der Waals surface area (Å²) in [7, 11) is 0. The van der Waals surface area contributed by atoms with Gasteiger partial charge in [0.25, 0.3) is 5.91 Å². The molecule has 1 aliphatic carbocycles. The molecule has 1 N–H and O–H groups in total. The number of carbonyl (C=O) groups excluding carboxylic acids is 3. The van der Waals surface area contributed by atoms with Crippen LogP contribution >= 0.6 is 0 Å². The number of hydrogen-bond donors (Lipinski definition) is 1. The van der Waals surface area contributed by atoms with Crippen molar-refractivity contribution in [1.29, 1.82) is 0 Å². The van der Waals surface area contributed by atoms with Gasteiger partial charge in [0, 0.05) is 6.04 Å². The zero-order valence-corrected chi connectivity index (χ0v) is 19.5. The summed E-state index contributed by atoms with van der Waals surface area (Å²) in [6.45, 7) is 4.98. The molecule has 182 valence electrons. The number of ether oxygens (including phenoxy) is 2.